The van der Waals surface area contributed by atoms with Crippen molar-refractivity contribution < 1.29 is 18.0 Å². The molecule has 7 nitrogen and oxygen atoms in total. The number of sulfonamides is 1. The monoisotopic (exact) mass is 491 g/mol. The van der Waals surface area contributed by atoms with E-state index in [0.717, 1.165) is 28.8 Å². The van der Waals surface area contributed by atoms with Gasteiger partial charge in [-0.3, -0.25) is 9.59 Å². The maximum atomic E-state index is 13.3. The van der Waals surface area contributed by atoms with Gasteiger partial charge in [0.25, 0.3) is 0 Å². The number of hydrogen-bond acceptors (Lipinski definition) is 4. The zero-order valence-corrected chi connectivity index (χ0v) is 20.6. The maximum Gasteiger partial charge on any atom is 0.242 e. The quantitative estimate of drug-likeness (QED) is 0.502. The SMILES string of the molecule is CCc1cccc(NC(=O)C(Cc2ccccc2)NS(=O)(=O)c2ccc3c(c2)CCN3C(C)=O)c1. The van der Waals surface area contributed by atoms with Crippen molar-refractivity contribution in [3.05, 3.63) is 89.5 Å². The van der Waals surface area contributed by atoms with Gasteiger partial charge < -0.3 is 10.2 Å². The largest absolute Gasteiger partial charge is 0.325 e. The number of nitrogens with one attached hydrogen (secondary N) is 2. The molecule has 182 valence electrons. The Morgan fingerprint density at radius 3 is 2.43 bits per heavy atom. The van der Waals surface area contributed by atoms with E-state index in [1.54, 1.807) is 23.1 Å². The maximum absolute atomic E-state index is 13.3. The van der Waals surface area contributed by atoms with Crippen LogP contribution in [-0.4, -0.2) is 32.8 Å². The van der Waals surface area contributed by atoms with Crippen molar-refractivity contribution >= 4 is 33.2 Å². The lowest BCUT2D eigenvalue weighted by Gasteiger charge is -2.20. The van der Waals surface area contributed by atoms with Crippen molar-refractivity contribution in [3.63, 3.8) is 0 Å². The first-order valence-corrected chi connectivity index (χ1v) is 13.1. The molecule has 1 aliphatic heterocycles. The Hall–Kier alpha value is -3.49. The van der Waals surface area contributed by atoms with E-state index in [-0.39, 0.29) is 17.2 Å². The number of amides is 2. The van der Waals surface area contributed by atoms with Crippen LogP contribution in [0.4, 0.5) is 11.4 Å². The Labute approximate surface area is 206 Å². The van der Waals surface area contributed by atoms with E-state index in [9.17, 15) is 18.0 Å². The first-order valence-electron chi connectivity index (χ1n) is 11.6. The van der Waals surface area contributed by atoms with Gasteiger partial charge in [0.15, 0.2) is 0 Å². The van der Waals surface area contributed by atoms with Gasteiger partial charge in [-0.05, 0) is 66.3 Å². The molecule has 0 saturated heterocycles. The molecule has 8 heteroatoms. The Balaban J connectivity index is 1.59. The molecular weight excluding hydrogens is 462 g/mol. The molecule has 3 aromatic rings. The van der Waals surface area contributed by atoms with Crippen LogP contribution in [0.5, 0.6) is 0 Å². The standard InChI is InChI=1S/C27H29N3O4S/c1-3-20-10-7-11-23(16-20)28-27(32)25(17-21-8-5-4-6-9-21)29-35(33,34)24-12-13-26-22(18-24)14-15-30(26)19(2)31/h4-13,16,18,25,29H,3,14-15,17H2,1-2H3,(H,28,32). The number of hydrogen-bond donors (Lipinski definition) is 2. The third kappa shape index (κ3) is 5.78. The second kappa shape index (κ2) is 10.4. The minimum atomic E-state index is -4.00. The Bertz CT molecular complexity index is 1340. The number of carbonyl (C=O) groups excluding carboxylic acids is 2. The van der Waals surface area contributed by atoms with Gasteiger partial charge in [0.05, 0.1) is 4.90 Å². The van der Waals surface area contributed by atoms with Gasteiger partial charge in [-0.15, -0.1) is 0 Å². The molecule has 0 bridgehead atoms. The van der Waals surface area contributed by atoms with Crippen molar-refractivity contribution in [1.29, 1.82) is 0 Å². The highest BCUT2D eigenvalue weighted by molar-refractivity contribution is 7.89. The fourth-order valence-corrected chi connectivity index (χ4v) is 5.51. The normalized spacial score (nSPS) is 13.8. The minimum absolute atomic E-state index is 0.0699. The lowest BCUT2D eigenvalue weighted by Crippen LogP contribution is -2.45. The smallest absolute Gasteiger partial charge is 0.242 e. The Morgan fingerprint density at radius 2 is 1.71 bits per heavy atom. The molecule has 0 spiro atoms. The van der Waals surface area contributed by atoms with Crippen LogP contribution >= 0.6 is 0 Å². The van der Waals surface area contributed by atoms with Crippen LogP contribution < -0.4 is 14.9 Å². The van der Waals surface area contributed by atoms with Gasteiger partial charge in [0, 0.05) is 24.8 Å². The first kappa shape index (κ1) is 24.6. The summed E-state index contributed by atoms with van der Waals surface area (Å²) in [4.78, 5) is 26.8. The summed E-state index contributed by atoms with van der Waals surface area (Å²) in [6.07, 6.45) is 1.60. The summed E-state index contributed by atoms with van der Waals surface area (Å²) in [5.74, 6) is -0.515. The third-order valence-corrected chi connectivity index (χ3v) is 7.61. The van der Waals surface area contributed by atoms with E-state index in [2.05, 4.69) is 10.0 Å². The number of rotatable bonds is 8. The van der Waals surface area contributed by atoms with Crippen LogP contribution in [0.2, 0.25) is 0 Å². The van der Waals surface area contributed by atoms with Gasteiger partial charge >= 0.3 is 0 Å². The summed E-state index contributed by atoms with van der Waals surface area (Å²) in [6.45, 7) is 4.04. The minimum Gasteiger partial charge on any atom is -0.325 e. The highest BCUT2D eigenvalue weighted by Gasteiger charge is 2.29. The summed E-state index contributed by atoms with van der Waals surface area (Å²) in [6, 6.07) is 20.5. The zero-order valence-electron chi connectivity index (χ0n) is 19.8. The molecule has 0 aliphatic carbocycles. The van der Waals surface area contributed by atoms with Crippen molar-refractivity contribution in [1.82, 2.24) is 4.72 Å². The fraction of sp³-hybridized carbons (Fsp3) is 0.259. The highest BCUT2D eigenvalue weighted by atomic mass is 32.2. The van der Waals surface area contributed by atoms with Crippen molar-refractivity contribution in [2.75, 3.05) is 16.8 Å². The summed E-state index contributed by atoms with van der Waals surface area (Å²) < 4.78 is 29.3. The predicted octanol–water partition coefficient (Wildman–Crippen LogP) is 3.69. The second-order valence-corrected chi connectivity index (χ2v) is 10.3. The van der Waals surface area contributed by atoms with Crippen molar-refractivity contribution in [2.45, 2.75) is 44.0 Å². The first-order chi connectivity index (χ1) is 16.8. The number of nitrogens with zero attached hydrogens (tertiary/aromatic N) is 1. The summed E-state index contributed by atoms with van der Waals surface area (Å²) in [5, 5.41) is 2.86. The van der Waals surface area contributed by atoms with Crippen LogP contribution in [0.3, 0.4) is 0 Å². The van der Waals surface area contributed by atoms with E-state index in [0.29, 0.717) is 18.7 Å². The molecule has 0 saturated carbocycles. The number of fused-ring (bicyclic) bond motifs is 1. The number of anilines is 2. The molecule has 2 amide bonds. The Kier molecular flexibility index (Phi) is 7.33. The van der Waals surface area contributed by atoms with Gasteiger partial charge in [-0.1, -0.05) is 49.4 Å². The summed E-state index contributed by atoms with van der Waals surface area (Å²) in [7, 11) is -4.00. The van der Waals surface area contributed by atoms with Gasteiger partial charge in [-0.25, -0.2) is 8.42 Å². The second-order valence-electron chi connectivity index (χ2n) is 8.62. The van der Waals surface area contributed by atoms with Crippen LogP contribution in [0, 0.1) is 0 Å². The molecular formula is C27H29N3O4S. The van der Waals surface area contributed by atoms with E-state index in [1.807, 2.05) is 55.5 Å². The topological polar surface area (TPSA) is 95.6 Å². The fourth-order valence-electron chi connectivity index (χ4n) is 4.26. The molecule has 0 aromatic heterocycles. The molecule has 0 fully saturated rings. The van der Waals surface area contributed by atoms with Crippen molar-refractivity contribution in [3.8, 4) is 0 Å². The van der Waals surface area contributed by atoms with Gasteiger partial charge in [0.2, 0.25) is 21.8 Å². The predicted molar refractivity (Wildman–Crippen MR) is 137 cm³/mol. The average Bonchev–Trinajstić information content (AvgIpc) is 3.28. The van der Waals surface area contributed by atoms with Crippen LogP contribution in [0.25, 0.3) is 0 Å². The van der Waals surface area contributed by atoms with Crippen LogP contribution in [0.1, 0.15) is 30.5 Å². The van der Waals surface area contributed by atoms with E-state index in [4.69, 9.17) is 0 Å². The average molecular weight is 492 g/mol. The van der Waals surface area contributed by atoms with E-state index in [1.165, 1.54) is 13.0 Å². The molecule has 3 aromatic carbocycles. The summed E-state index contributed by atoms with van der Waals surface area (Å²) in [5.41, 5.74) is 4.05. The molecule has 35 heavy (non-hydrogen) atoms. The van der Waals surface area contributed by atoms with E-state index < -0.39 is 22.0 Å². The highest BCUT2D eigenvalue weighted by Crippen LogP contribution is 2.30. The lowest BCUT2D eigenvalue weighted by atomic mass is 10.1. The number of aryl methyl sites for hydroxylation is 1. The molecule has 1 atom stereocenters. The molecule has 1 unspecified atom stereocenters. The van der Waals surface area contributed by atoms with Crippen LogP contribution in [-0.2, 0) is 38.9 Å². The molecule has 2 N–H and O–H groups in total. The van der Waals surface area contributed by atoms with Gasteiger partial charge in [0.1, 0.15) is 6.04 Å². The molecule has 4 rings (SSSR count). The number of benzene rings is 3. The molecule has 1 aliphatic rings. The third-order valence-electron chi connectivity index (χ3n) is 6.14. The zero-order chi connectivity index (χ0) is 25.0. The molecule has 0 radical (unpaired) electrons. The summed E-state index contributed by atoms with van der Waals surface area (Å²) >= 11 is 0. The van der Waals surface area contributed by atoms with Crippen molar-refractivity contribution in [2.24, 2.45) is 0 Å². The Morgan fingerprint density at radius 1 is 0.971 bits per heavy atom. The van der Waals surface area contributed by atoms with Crippen LogP contribution in [0.15, 0.2) is 77.7 Å². The van der Waals surface area contributed by atoms with Gasteiger partial charge in [-0.2, -0.15) is 4.72 Å². The molecule has 1 heterocycles. The lowest BCUT2D eigenvalue weighted by molar-refractivity contribution is -0.118. The number of carbonyl (C=O) groups is 2. The van der Waals surface area contributed by atoms with E-state index >= 15 is 0 Å².